The Morgan fingerprint density at radius 1 is 1.05 bits per heavy atom. The van der Waals surface area contributed by atoms with Gasteiger partial charge in [-0.15, -0.1) is 5.54 Å². The van der Waals surface area contributed by atoms with E-state index in [0.717, 1.165) is 19.4 Å². The predicted molar refractivity (Wildman–Crippen MR) is 220 cm³/mol. The second kappa shape index (κ2) is 13.9. The van der Waals surface area contributed by atoms with Gasteiger partial charge in [-0.3, -0.25) is 4.90 Å². The van der Waals surface area contributed by atoms with Gasteiger partial charge in [-0.1, -0.05) is 59.6 Å². The maximum Gasteiger partial charge on any atom is 0.319 e. The maximum atomic E-state index is 17.6. The third-order valence-electron chi connectivity index (χ3n) is 14.4. The molecule has 1 spiro atoms. The average molecular weight is 803 g/mol. The van der Waals surface area contributed by atoms with Crippen molar-refractivity contribution < 1.29 is 27.0 Å². The zero-order valence-electron chi connectivity index (χ0n) is 33.8. The van der Waals surface area contributed by atoms with Gasteiger partial charge in [-0.05, 0) is 72.4 Å². The van der Waals surface area contributed by atoms with Gasteiger partial charge in [0.05, 0.1) is 36.0 Å². The normalized spacial score (nSPS) is 29.4. The van der Waals surface area contributed by atoms with Gasteiger partial charge in [0.2, 0.25) is 5.95 Å². The van der Waals surface area contributed by atoms with Crippen molar-refractivity contribution in [3.8, 4) is 17.5 Å². The van der Waals surface area contributed by atoms with Gasteiger partial charge in [0.15, 0.2) is 0 Å². The highest BCUT2D eigenvalue weighted by atomic mass is 28.3. The molecule has 304 valence electrons. The van der Waals surface area contributed by atoms with E-state index in [2.05, 4.69) is 57.9 Å². The molecule has 13 heteroatoms. The van der Waals surface area contributed by atoms with Crippen LogP contribution in [0.3, 0.4) is 0 Å². The van der Waals surface area contributed by atoms with Crippen molar-refractivity contribution in [3.05, 3.63) is 46.2 Å². The van der Waals surface area contributed by atoms with Crippen LogP contribution in [0.15, 0.2) is 24.3 Å². The number of ether oxygens (including phenoxy) is 2. The number of nitrogens with zero attached hydrogens (tertiary/aromatic N) is 5. The molecule has 0 amide bonds. The van der Waals surface area contributed by atoms with Crippen LogP contribution in [-0.4, -0.2) is 92.9 Å². The van der Waals surface area contributed by atoms with E-state index in [-0.39, 0.29) is 46.9 Å². The summed E-state index contributed by atoms with van der Waals surface area (Å²) in [5, 5.41) is 1.56. The lowest BCUT2D eigenvalue weighted by atomic mass is 9.89. The number of aromatic nitrogens is 2. The number of benzene rings is 2. The first-order valence-corrected chi connectivity index (χ1v) is 23.0. The molecule has 2 aliphatic carbocycles. The summed E-state index contributed by atoms with van der Waals surface area (Å²) in [6, 6.07) is 6.02. The number of hydrogen-bond donors (Lipinski definition) is 1. The van der Waals surface area contributed by atoms with Crippen LogP contribution >= 0.6 is 0 Å². The minimum absolute atomic E-state index is 0.000770. The lowest BCUT2D eigenvalue weighted by molar-refractivity contribution is 0.107. The topological polar surface area (TPSA) is 80.0 Å². The summed E-state index contributed by atoms with van der Waals surface area (Å²) in [6.07, 6.45) is 3.09. The van der Waals surface area contributed by atoms with Gasteiger partial charge in [-0.25, -0.2) is 13.2 Å². The van der Waals surface area contributed by atoms with Crippen molar-refractivity contribution in [3.63, 3.8) is 0 Å². The monoisotopic (exact) mass is 802 g/mol. The Morgan fingerprint density at radius 2 is 1.81 bits per heavy atom. The molecule has 0 unspecified atom stereocenters. The second-order valence-corrected chi connectivity index (χ2v) is 24.1. The quantitative estimate of drug-likeness (QED) is 0.0880. The molecular formula is C44H54F4N6O2Si. The molecule has 2 saturated carbocycles. The fourth-order valence-corrected chi connectivity index (χ4v) is 16.5. The number of alkyl halides is 2. The highest BCUT2D eigenvalue weighted by molar-refractivity contribution is 6.90. The van der Waals surface area contributed by atoms with Gasteiger partial charge in [0.1, 0.15) is 44.0 Å². The van der Waals surface area contributed by atoms with Crippen molar-refractivity contribution in [2.45, 2.75) is 108 Å². The number of nitrogens with two attached hydrogens (primary N) is 1. The Morgan fingerprint density at radius 3 is 2.53 bits per heavy atom. The number of halogens is 4. The Bertz CT molecular complexity index is 2290. The van der Waals surface area contributed by atoms with Crippen molar-refractivity contribution in [1.29, 1.82) is 0 Å². The van der Waals surface area contributed by atoms with E-state index in [1.807, 2.05) is 11.0 Å². The summed E-state index contributed by atoms with van der Waals surface area (Å²) in [5.41, 5.74) is 11.5. The number of fused-ring (bicyclic) bond motifs is 4. The van der Waals surface area contributed by atoms with Gasteiger partial charge in [0, 0.05) is 47.3 Å². The highest BCUT2D eigenvalue weighted by Crippen LogP contribution is 2.62. The first-order valence-electron chi connectivity index (χ1n) is 20.8. The average Bonchev–Trinajstić information content (AvgIpc) is 3.91. The number of hydrogen-bond acceptors (Lipinski definition) is 8. The summed E-state index contributed by atoms with van der Waals surface area (Å²) >= 11 is 0. The van der Waals surface area contributed by atoms with Gasteiger partial charge in [0.25, 0.3) is 0 Å². The first kappa shape index (κ1) is 38.6. The van der Waals surface area contributed by atoms with Crippen molar-refractivity contribution in [2.24, 2.45) is 11.3 Å². The summed E-state index contributed by atoms with van der Waals surface area (Å²) < 4.78 is 75.7. The largest absolute Gasteiger partial charge is 0.461 e. The van der Waals surface area contributed by atoms with Gasteiger partial charge in [-0.2, -0.15) is 14.4 Å². The molecule has 9 rings (SSSR count). The molecule has 6 aliphatic rings. The van der Waals surface area contributed by atoms with Crippen LogP contribution in [0.4, 0.5) is 34.8 Å². The SMILES string of the molecule is CC(C)[Si](C#Cc1c(F)ccc2cc(N)cc(N3CC=c4c(N5CCOC[C@H]6[C@H](F)[C@H]65)nc(OC[C@@]56CCCN5C[C@@]5(C[C@@H]5F)C6)nc4=C3F)c12)(C(C)C)C(C)C. The molecule has 4 aliphatic heterocycles. The molecule has 3 saturated heterocycles. The lowest BCUT2D eigenvalue weighted by Gasteiger charge is -2.38. The van der Waals surface area contributed by atoms with Crippen LogP contribution in [0.25, 0.3) is 22.8 Å². The Balaban J connectivity index is 1.18. The standard InChI is InChI=1S/C44H54F4N6O2Si/c1-25(2)57(26(3)4,27(5)6)17-11-30-33(45)9-8-28-18-29(49)19-34(36(28)30)53-14-10-31-38(40(53)48)50-42(51-41(31)54-15-16-55-21-32-37(47)39(32)54)56-24-44-12-7-13-52(44)23-43(22-44)20-35(43)46/h8-10,18-19,25-27,32,35,37,39H,7,12-16,20-24,49H2,1-6H3/t32-,35-,37-,39-,43+,44-/m0/s1. The van der Waals surface area contributed by atoms with Crippen LogP contribution in [-0.2, 0) is 4.74 Å². The molecule has 3 aromatic rings. The number of rotatable bonds is 8. The van der Waals surface area contributed by atoms with E-state index >= 15 is 13.2 Å². The van der Waals surface area contributed by atoms with E-state index in [0.29, 0.717) is 89.0 Å². The van der Waals surface area contributed by atoms with E-state index in [4.69, 9.17) is 25.2 Å². The molecule has 8 nitrogen and oxygen atoms in total. The van der Waals surface area contributed by atoms with Gasteiger partial charge < -0.3 is 25.0 Å². The maximum absolute atomic E-state index is 17.6. The van der Waals surface area contributed by atoms with E-state index in [1.54, 1.807) is 18.2 Å². The highest BCUT2D eigenvalue weighted by Gasteiger charge is 2.67. The molecule has 0 radical (unpaired) electrons. The predicted octanol–water partition coefficient (Wildman–Crippen LogP) is 6.77. The Kier molecular flexibility index (Phi) is 9.40. The van der Waals surface area contributed by atoms with Gasteiger partial charge >= 0.3 is 6.01 Å². The van der Waals surface area contributed by atoms with Crippen LogP contribution in [0, 0.1) is 28.6 Å². The van der Waals surface area contributed by atoms with Crippen molar-refractivity contribution in [1.82, 2.24) is 14.9 Å². The Labute approximate surface area is 333 Å². The molecule has 1 aromatic heterocycles. The molecule has 5 heterocycles. The first-order chi connectivity index (χ1) is 27.2. The molecule has 0 bridgehead atoms. The number of nitrogen functional groups attached to an aromatic ring is 1. The lowest BCUT2D eigenvalue weighted by Crippen LogP contribution is -2.47. The van der Waals surface area contributed by atoms with Crippen molar-refractivity contribution >= 4 is 48.1 Å². The van der Waals surface area contributed by atoms with Crippen molar-refractivity contribution in [2.75, 3.05) is 61.5 Å². The zero-order chi connectivity index (χ0) is 40.2. The molecule has 5 fully saturated rings. The minimum atomic E-state index is -2.27. The fourth-order valence-electron chi connectivity index (χ4n) is 11.3. The van der Waals surface area contributed by atoms with Crippen LogP contribution in [0.1, 0.15) is 72.8 Å². The summed E-state index contributed by atoms with van der Waals surface area (Å²) in [7, 11) is -2.27. The molecule has 2 aromatic carbocycles. The molecule has 57 heavy (non-hydrogen) atoms. The van der Waals surface area contributed by atoms with E-state index in [9.17, 15) is 4.39 Å². The molecular weight excluding hydrogens is 749 g/mol. The number of anilines is 3. The summed E-state index contributed by atoms with van der Waals surface area (Å²) in [5.74, 6) is 2.26. The fraction of sp³-hybridized carbons (Fsp3) is 0.591. The second-order valence-electron chi connectivity index (χ2n) is 18.5. The smallest absolute Gasteiger partial charge is 0.319 e. The third kappa shape index (κ3) is 6.14. The van der Waals surface area contributed by atoms with E-state index < -0.39 is 38.2 Å². The van der Waals surface area contributed by atoms with Crippen LogP contribution < -0.4 is 30.8 Å². The minimum Gasteiger partial charge on any atom is -0.461 e. The van der Waals surface area contributed by atoms with Crippen LogP contribution in [0.5, 0.6) is 6.01 Å². The molecule has 2 N–H and O–H groups in total. The zero-order valence-corrected chi connectivity index (χ0v) is 34.8. The van der Waals surface area contributed by atoms with E-state index in [1.165, 1.54) is 11.0 Å². The summed E-state index contributed by atoms with van der Waals surface area (Å²) in [6.45, 7) is 16.2. The Hall–Kier alpha value is -3.86. The summed E-state index contributed by atoms with van der Waals surface area (Å²) in [4.78, 5) is 15.3. The molecule has 6 atom stereocenters. The van der Waals surface area contributed by atoms with Crippen LogP contribution in [0.2, 0.25) is 16.6 Å². The third-order valence-corrected chi connectivity index (χ3v) is 20.7.